The Balaban J connectivity index is 2.58. The third kappa shape index (κ3) is 3.00. The van der Waals surface area contributed by atoms with Crippen molar-refractivity contribution in [3.8, 4) is 5.75 Å². The van der Waals surface area contributed by atoms with Crippen molar-refractivity contribution in [2.45, 2.75) is 0 Å². The SMILES string of the molecule is [N-]=[N+]=NCCOc1cccc(Cl)c1Cl. The summed E-state index contributed by atoms with van der Waals surface area (Å²) in [5.74, 6) is 0.493. The largest absolute Gasteiger partial charge is 0.492 e. The van der Waals surface area contributed by atoms with E-state index in [4.69, 9.17) is 33.5 Å². The highest BCUT2D eigenvalue weighted by atomic mass is 35.5. The van der Waals surface area contributed by atoms with Crippen molar-refractivity contribution in [3.63, 3.8) is 0 Å². The fourth-order valence-electron chi connectivity index (χ4n) is 0.837. The Kier molecular flexibility index (Phi) is 4.40. The number of ether oxygens (including phenoxy) is 1. The lowest BCUT2D eigenvalue weighted by atomic mass is 10.3. The van der Waals surface area contributed by atoms with Crippen LogP contribution < -0.4 is 4.74 Å². The number of halogens is 2. The lowest BCUT2D eigenvalue weighted by molar-refractivity contribution is 0.328. The molecule has 1 aromatic carbocycles. The summed E-state index contributed by atoms with van der Waals surface area (Å²) in [6.45, 7) is 0.545. The summed E-state index contributed by atoms with van der Waals surface area (Å²) in [5.41, 5.74) is 8.02. The topological polar surface area (TPSA) is 58.0 Å². The van der Waals surface area contributed by atoms with Gasteiger partial charge in [0.25, 0.3) is 0 Å². The van der Waals surface area contributed by atoms with Crippen LogP contribution in [-0.2, 0) is 0 Å². The highest BCUT2D eigenvalue weighted by Gasteiger charge is 2.03. The summed E-state index contributed by atoms with van der Waals surface area (Å²) < 4.78 is 5.24. The van der Waals surface area contributed by atoms with Gasteiger partial charge in [-0.15, -0.1) is 0 Å². The second-order valence-electron chi connectivity index (χ2n) is 2.35. The molecule has 0 atom stereocenters. The first-order valence-electron chi connectivity index (χ1n) is 3.83. The number of benzene rings is 1. The molecule has 0 N–H and O–H groups in total. The molecule has 0 aromatic heterocycles. The smallest absolute Gasteiger partial charge is 0.139 e. The van der Waals surface area contributed by atoms with Crippen molar-refractivity contribution in [3.05, 3.63) is 38.7 Å². The molecule has 0 heterocycles. The van der Waals surface area contributed by atoms with E-state index in [0.717, 1.165) is 0 Å². The first-order chi connectivity index (χ1) is 6.75. The average Bonchev–Trinajstić information content (AvgIpc) is 2.19. The quantitative estimate of drug-likeness (QED) is 0.338. The van der Waals surface area contributed by atoms with Crippen molar-refractivity contribution in [1.82, 2.24) is 0 Å². The minimum atomic E-state index is 0.263. The van der Waals surface area contributed by atoms with Crippen LogP contribution in [0, 0.1) is 0 Å². The predicted octanol–water partition coefficient (Wildman–Crippen LogP) is 3.68. The van der Waals surface area contributed by atoms with Gasteiger partial charge in [-0.2, -0.15) is 0 Å². The van der Waals surface area contributed by atoms with E-state index < -0.39 is 0 Å². The molecule has 0 amide bonds. The molecule has 0 bridgehead atoms. The van der Waals surface area contributed by atoms with Crippen LogP contribution in [0.15, 0.2) is 23.3 Å². The average molecular weight is 232 g/mol. The minimum Gasteiger partial charge on any atom is -0.492 e. The van der Waals surface area contributed by atoms with Crippen LogP contribution in [-0.4, -0.2) is 13.2 Å². The van der Waals surface area contributed by atoms with Gasteiger partial charge in [0, 0.05) is 4.91 Å². The van der Waals surface area contributed by atoms with Gasteiger partial charge in [0.05, 0.1) is 18.2 Å². The Morgan fingerprint density at radius 1 is 1.43 bits per heavy atom. The maximum absolute atomic E-state index is 8.02. The molecule has 0 saturated carbocycles. The first-order valence-corrected chi connectivity index (χ1v) is 4.59. The molecule has 0 aliphatic heterocycles. The highest BCUT2D eigenvalue weighted by molar-refractivity contribution is 6.42. The monoisotopic (exact) mass is 231 g/mol. The zero-order chi connectivity index (χ0) is 10.4. The van der Waals surface area contributed by atoms with Gasteiger partial charge in [0.1, 0.15) is 10.8 Å². The van der Waals surface area contributed by atoms with E-state index in [-0.39, 0.29) is 13.2 Å². The van der Waals surface area contributed by atoms with Crippen LogP contribution in [0.3, 0.4) is 0 Å². The maximum atomic E-state index is 8.02. The second-order valence-corrected chi connectivity index (χ2v) is 3.14. The van der Waals surface area contributed by atoms with E-state index in [1.165, 1.54) is 0 Å². The number of hydrogen-bond donors (Lipinski definition) is 0. The maximum Gasteiger partial charge on any atom is 0.139 e. The zero-order valence-electron chi connectivity index (χ0n) is 7.15. The van der Waals surface area contributed by atoms with Crippen molar-refractivity contribution in [2.24, 2.45) is 5.11 Å². The lowest BCUT2D eigenvalue weighted by Crippen LogP contribution is -2.00. The van der Waals surface area contributed by atoms with Crippen LogP contribution in [0.25, 0.3) is 10.4 Å². The standard InChI is InChI=1S/C8H7Cl2N3O/c9-6-2-1-3-7(8(6)10)14-5-4-12-13-11/h1-3H,4-5H2. The van der Waals surface area contributed by atoms with E-state index in [1.807, 2.05) is 0 Å². The molecule has 1 aromatic rings. The lowest BCUT2D eigenvalue weighted by Gasteiger charge is -2.06. The molecule has 1 rings (SSSR count). The molecule has 14 heavy (non-hydrogen) atoms. The van der Waals surface area contributed by atoms with Gasteiger partial charge in [-0.25, -0.2) is 0 Å². The van der Waals surface area contributed by atoms with Crippen LogP contribution >= 0.6 is 23.2 Å². The van der Waals surface area contributed by atoms with E-state index in [0.29, 0.717) is 15.8 Å². The van der Waals surface area contributed by atoms with Gasteiger partial charge in [-0.05, 0) is 17.7 Å². The fraction of sp³-hybridized carbons (Fsp3) is 0.250. The second kappa shape index (κ2) is 5.60. The van der Waals surface area contributed by atoms with Gasteiger partial charge in [-0.1, -0.05) is 34.4 Å². The highest BCUT2D eigenvalue weighted by Crippen LogP contribution is 2.31. The van der Waals surface area contributed by atoms with Gasteiger partial charge >= 0.3 is 0 Å². The van der Waals surface area contributed by atoms with Crippen LogP contribution in [0.1, 0.15) is 0 Å². The van der Waals surface area contributed by atoms with E-state index >= 15 is 0 Å². The van der Waals surface area contributed by atoms with Gasteiger partial charge in [-0.3, -0.25) is 0 Å². The molecular weight excluding hydrogens is 225 g/mol. The Morgan fingerprint density at radius 2 is 2.21 bits per heavy atom. The molecule has 0 spiro atoms. The Morgan fingerprint density at radius 3 is 2.93 bits per heavy atom. The van der Waals surface area contributed by atoms with Crippen molar-refractivity contribution in [1.29, 1.82) is 0 Å². The summed E-state index contributed by atoms with van der Waals surface area (Å²) in [4.78, 5) is 2.59. The third-order valence-corrected chi connectivity index (χ3v) is 2.23. The van der Waals surface area contributed by atoms with Crippen molar-refractivity contribution < 1.29 is 4.74 Å². The number of nitrogens with zero attached hydrogens (tertiary/aromatic N) is 3. The zero-order valence-corrected chi connectivity index (χ0v) is 8.66. The summed E-state index contributed by atoms with van der Waals surface area (Å²) >= 11 is 11.6. The summed E-state index contributed by atoms with van der Waals surface area (Å²) in [7, 11) is 0. The molecule has 0 fully saturated rings. The molecule has 74 valence electrons. The Hall–Kier alpha value is -1.09. The molecular formula is C8H7Cl2N3O. The molecule has 0 unspecified atom stereocenters. The molecule has 0 radical (unpaired) electrons. The van der Waals surface area contributed by atoms with Crippen LogP contribution in [0.2, 0.25) is 10.0 Å². The van der Waals surface area contributed by atoms with E-state index in [9.17, 15) is 0 Å². The summed E-state index contributed by atoms with van der Waals surface area (Å²) in [6.07, 6.45) is 0. The fourth-order valence-corrected chi connectivity index (χ4v) is 1.18. The molecule has 0 aliphatic rings. The molecule has 0 saturated heterocycles. The van der Waals surface area contributed by atoms with Crippen LogP contribution in [0.5, 0.6) is 5.75 Å². The third-order valence-electron chi connectivity index (χ3n) is 1.43. The Labute approximate surface area is 91.0 Å². The van der Waals surface area contributed by atoms with E-state index in [1.54, 1.807) is 18.2 Å². The Bertz CT molecular complexity index is 364. The normalized spacial score (nSPS) is 9.29. The van der Waals surface area contributed by atoms with Gasteiger partial charge in [0.2, 0.25) is 0 Å². The molecule has 6 heteroatoms. The molecule has 4 nitrogen and oxygen atoms in total. The summed E-state index contributed by atoms with van der Waals surface area (Å²) in [6, 6.07) is 5.10. The number of rotatable bonds is 4. The van der Waals surface area contributed by atoms with Gasteiger partial charge in [0.15, 0.2) is 0 Å². The summed E-state index contributed by atoms with van der Waals surface area (Å²) in [5, 5.41) is 4.13. The minimum absolute atomic E-state index is 0.263. The predicted molar refractivity (Wildman–Crippen MR) is 56.0 cm³/mol. The molecule has 0 aliphatic carbocycles. The number of hydrogen-bond acceptors (Lipinski definition) is 2. The van der Waals surface area contributed by atoms with Crippen molar-refractivity contribution in [2.75, 3.05) is 13.2 Å². The first kappa shape index (κ1) is 11.0. The number of azide groups is 1. The van der Waals surface area contributed by atoms with Crippen LogP contribution in [0.4, 0.5) is 0 Å². The van der Waals surface area contributed by atoms with E-state index in [2.05, 4.69) is 10.0 Å². The van der Waals surface area contributed by atoms with Gasteiger partial charge < -0.3 is 4.74 Å². The van der Waals surface area contributed by atoms with Crippen molar-refractivity contribution >= 4 is 23.2 Å².